The van der Waals surface area contributed by atoms with Crippen LogP contribution < -0.4 is 42.5 Å². The molecule has 0 fully saturated rings. The van der Waals surface area contributed by atoms with Crippen LogP contribution in [0.15, 0.2) is 48.5 Å². The Morgan fingerprint density at radius 3 is 1.00 bits per heavy atom. The van der Waals surface area contributed by atoms with Crippen molar-refractivity contribution in [2.45, 2.75) is 39.0 Å². The molecule has 0 spiro atoms. The third-order valence-corrected chi connectivity index (χ3v) is 7.61. The molecule has 2 aromatic carbocycles. The van der Waals surface area contributed by atoms with Crippen LogP contribution in [0.3, 0.4) is 0 Å². The number of rotatable bonds is 2. The van der Waals surface area contributed by atoms with E-state index in [1.807, 2.05) is 36.4 Å². The third kappa shape index (κ3) is 14.0. The van der Waals surface area contributed by atoms with Crippen LogP contribution in [0.25, 0.3) is 0 Å². The van der Waals surface area contributed by atoms with Gasteiger partial charge in [0.1, 0.15) is 11.8 Å². The summed E-state index contributed by atoms with van der Waals surface area (Å²) in [4.78, 5) is 51.0. The van der Waals surface area contributed by atoms with Crippen molar-refractivity contribution in [3.05, 3.63) is 70.8 Å². The number of terminal acetylenes is 2. The lowest BCUT2D eigenvalue weighted by Crippen LogP contribution is -2.44. The average Bonchev–Trinajstić information content (AvgIpc) is 3.08. The van der Waals surface area contributed by atoms with E-state index in [0.717, 1.165) is 22.3 Å². The van der Waals surface area contributed by atoms with Gasteiger partial charge in [-0.05, 0) is 22.3 Å². The van der Waals surface area contributed by atoms with Gasteiger partial charge in [-0.1, -0.05) is 48.5 Å². The van der Waals surface area contributed by atoms with E-state index < -0.39 is 35.5 Å². The number of amides is 4. The van der Waals surface area contributed by atoms with Crippen molar-refractivity contribution < 1.29 is 19.2 Å². The van der Waals surface area contributed by atoms with E-state index in [1.165, 1.54) is 0 Å². The molecule has 0 saturated carbocycles. The summed E-state index contributed by atoms with van der Waals surface area (Å²) in [6.07, 6.45) is 10.9. The minimum Gasteiger partial charge on any atom is -0.354 e. The number of hydrogen-bond donors (Lipinski definition) is 8. The monoisotopic (exact) mass is 656 g/mol. The summed E-state index contributed by atoms with van der Waals surface area (Å²) in [5.41, 5.74) is 4.29. The smallest absolute Gasteiger partial charge is 0.233 e. The number of hydrogen-bond acceptors (Lipinski definition) is 8. The molecule has 2 aromatic rings. The first kappa shape index (κ1) is 37.7. The normalized spacial score (nSPS) is 20.5. The van der Waals surface area contributed by atoms with Crippen molar-refractivity contribution in [2.75, 3.05) is 52.4 Å². The predicted molar refractivity (Wildman–Crippen MR) is 186 cm³/mol. The summed E-state index contributed by atoms with van der Waals surface area (Å²) >= 11 is 0. The quantitative estimate of drug-likeness (QED) is 0.159. The van der Waals surface area contributed by atoms with Crippen LogP contribution in [-0.4, -0.2) is 76.0 Å². The van der Waals surface area contributed by atoms with Gasteiger partial charge in [-0.2, -0.15) is 0 Å². The van der Waals surface area contributed by atoms with Crippen molar-refractivity contribution in [1.82, 2.24) is 42.5 Å². The van der Waals surface area contributed by atoms with E-state index in [9.17, 15) is 19.2 Å². The minimum absolute atomic E-state index is 0.0191. The SMILES string of the molecule is C#CCC1C(=O)NCCNCc2cccc(c2)CNCCNC(=O)C(CC#C)C(=O)NCCNCc2cccc(c2)CNCCNC1=O. The third-order valence-electron chi connectivity index (χ3n) is 7.61. The van der Waals surface area contributed by atoms with E-state index in [0.29, 0.717) is 78.5 Å². The molecule has 0 atom stereocenters. The largest absolute Gasteiger partial charge is 0.354 e. The van der Waals surface area contributed by atoms with Crippen molar-refractivity contribution >= 4 is 23.6 Å². The molecule has 0 radical (unpaired) electrons. The van der Waals surface area contributed by atoms with Gasteiger partial charge in [0.25, 0.3) is 0 Å². The zero-order valence-corrected chi connectivity index (χ0v) is 27.5. The van der Waals surface area contributed by atoms with Gasteiger partial charge in [0.2, 0.25) is 23.6 Å². The standard InChI is InChI=1S/C36H48N8O4/c1-3-7-31-33(45)41-17-13-37-23-27-9-5-11-29(21-27)25-39-15-19-43-35(47)32(8-4-2)36(48)44-20-16-40-26-30-12-6-10-28(22-30)24-38-14-18-42-34(31)46/h1-2,5-6,9-12,21-22,31-32,37-40H,7-8,13-20,23-26H2,(H,41,45)(H,42,46)(H,43,47)(H,44,48). The summed E-state index contributed by atoms with van der Waals surface area (Å²) in [6.45, 7) is 5.83. The van der Waals surface area contributed by atoms with Crippen LogP contribution >= 0.6 is 0 Å². The van der Waals surface area contributed by atoms with Gasteiger partial charge in [0.05, 0.1) is 0 Å². The van der Waals surface area contributed by atoms with Crippen LogP contribution in [0.1, 0.15) is 35.1 Å². The second kappa shape index (κ2) is 22.0. The van der Waals surface area contributed by atoms with Crippen molar-refractivity contribution in [3.63, 3.8) is 0 Å². The molecule has 8 N–H and O–H groups in total. The maximum Gasteiger partial charge on any atom is 0.233 e. The molecule has 4 bridgehead atoms. The first-order chi connectivity index (χ1) is 23.4. The van der Waals surface area contributed by atoms with Crippen molar-refractivity contribution in [3.8, 4) is 24.7 Å². The van der Waals surface area contributed by atoms with Crippen LogP contribution in [0.2, 0.25) is 0 Å². The van der Waals surface area contributed by atoms with Gasteiger partial charge in [0.15, 0.2) is 0 Å². The molecule has 12 heteroatoms. The highest BCUT2D eigenvalue weighted by molar-refractivity contribution is 6.01. The first-order valence-corrected chi connectivity index (χ1v) is 16.4. The molecule has 1 aliphatic rings. The van der Waals surface area contributed by atoms with Gasteiger partial charge in [-0.3, -0.25) is 19.2 Å². The molecular formula is C36H48N8O4. The summed E-state index contributed by atoms with van der Waals surface area (Å²) in [5, 5.41) is 24.5. The van der Waals surface area contributed by atoms with E-state index in [2.05, 4.69) is 66.5 Å². The maximum atomic E-state index is 12.7. The molecular weight excluding hydrogens is 608 g/mol. The Balaban J connectivity index is 1.58. The Bertz CT molecular complexity index is 1240. The van der Waals surface area contributed by atoms with Gasteiger partial charge in [-0.15, -0.1) is 24.7 Å². The number of fused-ring (bicyclic) bond motifs is 4. The Hall–Kier alpha value is -4.72. The molecule has 12 nitrogen and oxygen atoms in total. The summed E-state index contributed by atoms with van der Waals surface area (Å²) in [6, 6.07) is 16.1. The zero-order valence-electron chi connectivity index (χ0n) is 27.5. The van der Waals surface area contributed by atoms with E-state index >= 15 is 0 Å². The second-order valence-electron chi connectivity index (χ2n) is 11.4. The Morgan fingerprint density at radius 1 is 0.479 bits per heavy atom. The van der Waals surface area contributed by atoms with Gasteiger partial charge >= 0.3 is 0 Å². The van der Waals surface area contributed by atoms with Gasteiger partial charge in [-0.25, -0.2) is 0 Å². The fourth-order valence-electron chi connectivity index (χ4n) is 5.06. The first-order valence-electron chi connectivity index (χ1n) is 16.4. The number of carbonyl (C=O) groups excluding carboxylic acids is 4. The molecule has 1 aliphatic heterocycles. The molecule has 4 amide bonds. The molecule has 0 aromatic heterocycles. The fraction of sp³-hybridized carbons (Fsp3) is 0.444. The predicted octanol–water partition coefficient (Wildman–Crippen LogP) is -0.497. The molecule has 3 rings (SSSR count). The topological polar surface area (TPSA) is 165 Å². The second-order valence-corrected chi connectivity index (χ2v) is 11.4. The molecule has 0 aliphatic carbocycles. The van der Waals surface area contributed by atoms with Crippen LogP contribution in [0.5, 0.6) is 0 Å². The summed E-state index contributed by atoms with van der Waals surface area (Å²) in [5.74, 6) is 1.39. The lowest BCUT2D eigenvalue weighted by atomic mass is 10.0. The van der Waals surface area contributed by atoms with Gasteiger partial charge < -0.3 is 42.5 Å². The Kier molecular flexibility index (Phi) is 17.3. The highest BCUT2D eigenvalue weighted by Crippen LogP contribution is 2.07. The van der Waals surface area contributed by atoms with Crippen LogP contribution in [-0.2, 0) is 45.4 Å². The van der Waals surface area contributed by atoms with Crippen LogP contribution in [0, 0.1) is 36.5 Å². The van der Waals surface area contributed by atoms with Crippen molar-refractivity contribution in [2.24, 2.45) is 11.8 Å². The lowest BCUT2D eigenvalue weighted by Gasteiger charge is -2.16. The summed E-state index contributed by atoms with van der Waals surface area (Å²) < 4.78 is 0. The zero-order chi connectivity index (χ0) is 34.4. The molecule has 256 valence electrons. The van der Waals surface area contributed by atoms with E-state index in [-0.39, 0.29) is 12.8 Å². The lowest BCUT2D eigenvalue weighted by molar-refractivity contribution is -0.136. The maximum absolute atomic E-state index is 12.7. The molecule has 1 heterocycles. The number of nitrogens with one attached hydrogen (secondary N) is 8. The average molecular weight is 657 g/mol. The van der Waals surface area contributed by atoms with E-state index in [1.54, 1.807) is 0 Å². The minimum atomic E-state index is -0.955. The highest BCUT2D eigenvalue weighted by Gasteiger charge is 2.26. The molecule has 48 heavy (non-hydrogen) atoms. The molecule has 0 saturated heterocycles. The van der Waals surface area contributed by atoms with E-state index in [4.69, 9.17) is 12.8 Å². The highest BCUT2D eigenvalue weighted by atomic mass is 16.2. The fourth-order valence-corrected chi connectivity index (χ4v) is 5.06. The molecule has 0 unspecified atom stereocenters. The number of carbonyl (C=O) groups is 4. The Morgan fingerprint density at radius 2 is 0.750 bits per heavy atom. The van der Waals surface area contributed by atoms with Gasteiger partial charge in [0, 0.05) is 91.4 Å². The van der Waals surface area contributed by atoms with Crippen LogP contribution in [0.4, 0.5) is 0 Å². The summed E-state index contributed by atoms with van der Waals surface area (Å²) in [7, 11) is 0. The Labute approximate surface area is 283 Å². The number of benzene rings is 2. The van der Waals surface area contributed by atoms with Crippen molar-refractivity contribution in [1.29, 1.82) is 0 Å².